The van der Waals surface area contributed by atoms with E-state index in [1.165, 1.54) is 6.20 Å². The molecule has 1 rings (SSSR count). The summed E-state index contributed by atoms with van der Waals surface area (Å²) in [5.41, 5.74) is 0.593. The second-order valence-corrected chi connectivity index (χ2v) is 3.10. The first-order valence-electron chi connectivity index (χ1n) is 4.13. The molecule has 0 amide bonds. The van der Waals surface area contributed by atoms with Crippen molar-refractivity contribution in [2.24, 2.45) is 0 Å². The normalized spacial score (nSPS) is 15.7. The lowest BCUT2D eigenvalue weighted by Gasteiger charge is -2.12. The minimum atomic E-state index is -0.946. The summed E-state index contributed by atoms with van der Waals surface area (Å²) in [6, 6.07) is 0. The molecule has 5 heteroatoms. The molecule has 13 heavy (non-hydrogen) atoms. The van der Waals surface area contributed by atoms with E-state index < -0.39 is 12.2 Å². The Hall–Kier alpha value is -0.580. The Balaban J connectivity index is 2.70. The first kappa shape index (κ1) is 10.5. The van der Waals surface area contributed by atoms with Crippen molar-refractivity contribution in [1.29, 1.82) is 0 Å². The highest BCUT2D eigenvalue weighted by molar-refractivity contribution is 6.18. The van der Waals surface area contributed by atoms with E-state index in [4.69, 9.17) is 11.6 Å². The van der Waals surface area contributed by atoms with Crippen molar-refractivity contribution in [3.63, 3.8) is 0 Å². The van der Waals surface area contributed by atoms with Gasteiger partial charge in [-0.25, -0.2) is 0 Å². The molecule has 0 spiro atoms. The summed E-state index contributed by atoms with van der Waals surface area (Å²) in [7, 11) is 0. The van der Waals surface area contributed by atoms with E-state index >= 15 is 0 Å². The smallest absolute Gasteiger partial charge is 0.109 e. The Morgan fingerprint density at radius 3 is 2.77 bits per heavy atom. The zero-order valence-electron chi connectivity index (χ0n) is 7.39. The molecule has 2 unspecified atom stereocenters. The first-order chi connectivity index (χ1) is 6.19. The number of aromatic nitrogens is 2. The fourth-order valence-electron chi connectivity index (χ4n) is 1.01. The van der Waals surface area contributed by atoms with Crippen LogP contribution in [-0.4, -0.2) is 32.0 Å². The molecule has 0 aromatic carbocycles. The summed E-state index contributed by atoms with van der Waals surface area (Å²) in [6.45, 7) is 2.69. The van der Waals surface area contributed by atoms with Gasteiger partial charge in [0.25, 0.3) is 0 Å². The van der Waals surface area contributed by atoms with Crippen LogP contribution in [0, 0.1) is 0 Å². The molecule has 1 heterocycles. The summed E-state index contributed by atoms with van der Waals surface area (Å²) < 4.78 is 1.68. The molecular weight excluding hydrogens is 192 g/mol. The Labute approximate surface area is 81.8 Å². The molecule has 0 aliphatic heterocycles. The van der Waals surface area contributed by atoms with Crippen molar-refractivity contribution in [2.75, 3.05) is 5.88 Å². The number of hydrogen-bond donors (Lipinski definition) is 2. The third-order valence-corrected chi connectivity index (χ3v) is 2.16. The molecule has 1 aromatic rings. The third kappa shape index (κ3) is 2.43. The Bertz CT molecular complexity index is 264. The van der Waals surface area contributed by atoms with Crippen molar-refractivity contribution in [3.05, 3.63) is 18.0 Å². The van der Waals surface area contributed by atoms with Crippen molar-refractivity contribution >= 4 is 11.6 Å². The molecular formula is C8H13ClN2O2. The van der Waals surface area contributed by atoms with Crippen LogP contribution in [0.25, 0.3) is 0 Å². The van der Waals surface area contributed by atoms with Crippen molar-refractivity contribution in [3.8, 4) is 0 Å². The Kier molecular flexibility index (Phi) is 3.71. The van der Waals surface area contributed by atoms with Gasteiger partial charge in [0.05, 0.1) is 18.2 Å². The number of aliphatic hydroxyl groups is 2. The van der Waals surface area contributed by atoms with Crippen LogP contribution < -0.4 is 0 Å². The molecule has 0 aliphatic carbocycles. The van der Waals surface area contributed by atoms with Gasteiger partial charge < -0.3 is 10.2 Å². The van der Waals surface area contributed by atoms with Gasteiger partial charge in [-0.15, -0.1) is 11.6 Å². The van der Waals surface area contributed by atoms with Gasteiger partial charge in [0.2, 0.25) is 0 Å². The second kappa shape index (κ2) is 4.60. The quantitative estimate of drug-likeness (QED) is 0.704. The molecule has 1 aromatic heterocycles. The van der Waals surface area contributed by atoms with E-state index in [0.29, 0.717) is 5.56 Å². The van der Waals surface area contributed by atoms with Gasteiger partial charge in [0.15, 0.2) is 0 Å². The zero-order chi connectivity index (χ0) is 9.84. The summed E-state index contributed by atoms with van der Waals surface area (Å²) in [5.74, 6) is 0.0124. The van der Waals surface area contributed by atoms with Crippen LogP contribution in [0.2, 0.25) is 0 Å². The van der Waals surface area contributed by atoms with Crippen LogP contribution in [0.5, 0.6) is 0 Å². The lowest BCUT2D eigenvalue weighted by Crippen LogP contribution is -2.19. The maximum absolute atomic E-state index is 9.51. The predicted octanol–water partition coefficient (Wildman–Crippen LogP) is 0.536. The molecule has 2 N–H and O–H groups in total. The molecule has 0 saturated heterocycles. The molecule has 0 saturated carbocycles. The van der Waals surface area contributed by atoms with Crippen LogP contribution in [0.3, 0.4) is 0 Å². The largest absolute Gasteiger partial charge is 0.389 e. The van der Waals surface area contributed by atoms with Gasteiger partial charge in [0.1, 0.15) is 6.10 Å². The van der Waals surface area contributed by atoms with E-state index in [9.17, 15) is 10.2 Å². The summed E-state index contributed by atoms with van der Waals surface area (Å²) in [5, 5.41) is 22.7. The minimum absolute atomic E-state index is 0.0124. The maximum atomic E-state index is 9.51. The van der Waals surface area contributed by atoms with Crippen molar-refractivity contribution in [1.82, 2.24) is 9.78 Å². The Morgan fingerprint density at radius 1 is 1.62 bits per heavy atom. The molecule has 0 radical (unpaired) electrons. The van der Waals surface area contributed by atoms with Crippen molar-refractivity contribution < 1.29 is 10.2 Å². The van der Waals surface area contributed by atoms with Crippen LogP contribution in [0.4, 0.5) is 0 Å². The molecule has 2 atom stereocenters. The SMILES string of the molecule is CCn1cc(C(O)C(O)CCl)cn1. The highest BCUT2D eigenvalue weighted by atomic mass is 35.5. The van der Waals surface area contributed by atoms with Crippen molar-refractivity contribution in [2.45, 2.75) is 25.7 Å². The van der Waals surface area contributed by atoms with E-state index in [-0.39, 0.29) is 5.88 Å². The number of nitrogens with zero attached hydrogens (tertiary/aromatic N) is 2. The fourth-order valence-corrected chi connectivity index (χ4v) is 1.18. The van der Waals surface area contributed by atoms with Crippen LogP contribution in [0.15, 0.2) is 12.4 Å². The third-order valence-electron chi connectivity index (χ3n) is 1.84. The molecule has 0 fully saturated rings. The number of rotatable bonds is 4. The molecule has 4 nitrogen and oxygen atoms in total. The lowest BCUT2D eigenvalue weighted by molar-refractivity contribution is 0.0326. The minimum Gasteiger partial charge on any atom is -0.389 e. The van der Waals surface area contributed by atoms with Crippen LogP contribution >= 0.6 is 11.6 Å². The fraction of sp³-hybridized carbons (Fsp3) is 0.625. The summed E-state index contributed by atoms with van der Waals surface area (Å²) in [4.78, 5) is 0. The number of alkyl halides is 1. The average Bonchev–Trinajstić information content (AvgIpc) is 2.63. The standard InChI is InChI=1S/C8H13ClN2O2/c1-2-11-5-6(4-10-11)8(13)7(12)3-9/h4-5,7-8,12-13H,2-3H2,1H3. The van der Waals surface area contributed by atoms with E-state index in [0.717, 1.165) is 6.54 Å². The molecule has 0 aliphatic rings. The lowest BCUT2D eigenvalue weighted by atomic mass is 10.1. The average molecular weight is 205 g/mol. The predicted molar refractivity (Wildman–Crippen MR) is 49.6 cm³/mol. The number of aliphatic hydroxyl groups excluding tert-OH is 2. The van der Waals surface area contributed by atoms with Gasteiger partial charge in [-0.1, -0.05) is 0 Å². The van der Waals surface area contributed by atoms with Gasteiger partial charge in [-0.2, -0.15) is 5.10 Å². The number of halogens is 1. The first-order valence-corrected chi connectivity index (χ1v) is 4.67. The zero-order valence-corrected chi connectivity index (χ0v) is 8.15. The monoisotopic (exact) mass is 204 g/mol. The van der Waals surface area contributed by atoms with Gasteiger partial charge in [-0.05, 0) is 6.92 Å². The maximum Gasteiger partial charge on any atom is 0.109 e. The van der Waals surface area contributed by atoms with Crippen LogP contribution in [-0.2, 0) is 6.54 Å². The van der Waals surface area contributed by atoms with Gasteiger partial charge >= 0.3 is 0 Å². The Morgan fingerprint density at radius 2 is 2.31 bits per heavy atom. The van der Waals surface area contributed by atoms with Gasteiger partial charge in [-0.3, -0.25) is 4.68 Å². The van der Waals surface area contributed by atoms with Crippen LogP contribution in [0.1, 0.15) is 18.6 Å². The van der Waals surface area contributed by atoms with E-state index in [1.807, 2.05) is 6.92 Å². The number of aryl methyl sites for hydroxylation is 1. The second-order valence-electron chi connectivity index (χ2n) is 2.80. The summed E-state index contributed by atoms with van der Waals surface area (Å²) in [6.07, 6.45) is 1.35. The topological polar surface area (TPSA) is 58.3 Å². The highest BCUT2D eigenvalue weighted by Gasteiger charge is 2.18. The van der Waals surface area contributed by atoms with E-state index in [1.54, 1.807) is 10.9 Å². The van der Waals surface area contributed by atoms with Gasteiger partial charge in [0, 0.05) is 18.3 Å². The molecule has 0 bridgehead atoms. The van der Waals surface area contributed by atoms with E-state index in [2.05, 4.69) is 5.10 Å². The molecule has 74 valence electrons. The highest BCUT2D eigenvalue weighted by Crippen LogP contribution is 2.16. The summed E-state index contributed by atoms with van der Waals surface area (Å²) >= 11 is 5.40. The number of hydrogen-bond acceptors (Lipinski definition) is 3.